The number of thioether (sulfide) groups is 1. The molecule has 0 amide bonds. The first-order valence-corrected chi connectivity index (χ1v) is 7.10. The average molecular weight is 253 g/mol. The highest BCUT2D eigenvalue weighted by Crippen LogP contribution is 2.49. The zero-order chi connectivity index (χ0) is 11.9. The van der Waals surface area contributed by atoms with E-state index in [1.807, 2.05) is 11.8 Å². The third-order valence-corrected chi connectivity index (χ3v) is 5.40. The Morgan fingerprint density at radius 2 is 2.06 bits per heavy atom. The van der Waals surface area contributed by atoms with Crippen LogP contribution in [-0.2, 0) is 5.60 Å². The van der Waals surface area contributed by atoms with E-state index in [-0.39, 0.29) is 0 Å². The first-order chi connectivity index (χ1) is 8.17. The molecule has 1 aromatic heterocycles. The lowest BCUT2D eigenvalue weighted by Gasteiger charge is -2.43. The Labute approximate surface area is 105 Å². The lowest BCUT2D eigenvalue weighted by atomic mass is 9.81. The van der Waals surface area contributed by atoms with Crippen molar-refractivity contribution in [3.05, 3.63) is 29.8 Å². The van der Waals surface area contributed by atoms with Gasteiger partial charge in [0.25, 0.3) is 0 Å². The molecule has 0 aromatic carbocycles. The molecule has 2 unspecified atom stereocenters. The van der Waals surface area contributed by atoms with Crippen molar-refractivity contribution in [3.63, 3.8) is 0 Å². The standard InChI is InChI=1S/C13H16FNOS/c14-12-11(5-2-6-15-12)13(16)7-9-3-1-4-10(8-13)17-9/h2,5-6,9-10,16H,1,3-4,7-8H2. The van der Waals surface area contributed by atoms with Gasteiger partial charge in [0, 0.05) is 22.3 Å². The monoisotopic (exact) mass is 253 g/mol. The Bertz CT molecular complexity index is 414. The van der Waals surface area contributed by atoms with Crippen LogP contribution in [0.2, 0.25) is 0 Å². The van der Waals surface area contributed by atoms with Crippen LogP contribution in [0.3, 0.4) is 0 Å². The predicted octanol–water partition coefficient (Wildman–Crippen LogP) is 2.86. The minimum absolute atomic E-state index is 0.386. The molecule has 0 saturated carbocycles. The summed E-state index contributed by atoms with van der Waals surface area (Å²) in [5.41, 5.74) is -0.614. The van der Waals surface area contributed by atoms with Gasteiger partial charge in [-0.3, -0.25) is 0 Å². The molecular formula is C13H16FNOS. The Balaban J connectivity index is 1.93. The minimum Gasteiger partial charge on any atom is -0.385 e. The van der Waals surface area contributed by atoms with E-state index in [1.165, 1.54) is 12.6 Å². The molecule has 0 aliphatic carbocycles. The maximum atomic E-state index is 13.7. The van der Waals surface area contributed by atoms with Crippen molar-refractivity contribution in [1.82, 2.24) is 4.98 Å². The summed E-state index contributed by atoms with van der Waals surface area (Å²) >= 11 is 1.97. The number of hydrogen-bond acceptors (Lipinski definition) is 3. The minimum atomic E-state index is -1.00. The molecule has 2 saturated heterocycles. The summed E-state index contributed by atoms with van der Waals surface area (Å²) in [4.78, 5) is 3.66. The maximum absolute atomic E-state index is 13.7. The number of rotatable bonds is 1. The highest BCUT2D eigenvalue weighted by atomic mass is 32.2. The summed E-state index contributed by atoms with van der Waals surface area (Å²) < 4.78 is 13.7. The predicted molar refractivity (Wildman–Crippen MR) is 66.3 cm³/mol. The quantitative estimate of drug-likeness (QED) is 0.781. The molecule has 1 N–H and O–H groups in total. The summed E-state index contributed by atoms with van der Waals surface area (Å²) in [6.07, 6.45) is 6.29. The Morgan fingerprint density at radius 3 is 2.71 bits per heavy atom. The fourth-order valence-corrected chi connectivity index (χ4v) is 4.97. The number of halogens is 1. The first kappa shape index (κ1) is 11.5. The zero-order valence-corrected chi connectivity index (χ0v) is 10.4. The number of hydrogen-bond donors (Lipinski definition) is 1. The van der Waals surface area contributed by atoms with Crippen LogP contribution in [0.1, 0.15) is 37.7 Å². The summed E-state index contributed by atoms with van der Waals surface area (Å²) in [7, 11) is 0. The Morgan fingerprint density at radius 1 is 1.35 bits per heavy atom. The highest BCUT2D eigenvalue weighted by molar-refractivity contribution is 8.00. The van der Waals surface area contributed by atoms with Crippen molar-refractivity contribution < 1.29 is 9.50 Å². The van der Waals surface area contributed by atoms with Gasteiger partial charge in [-0.25, -0.2) is 4.98 Å². The molecular weight excluding hydrogens is 237 g/mol. The molecule has 2 fully saturated rings. The van der Waals surface area contributed by atoms with Crippen molar-refractivity contribution in [3.8, 4) is 0 Å². The molecule has 2 aliphatic rings. The third-order valence-electron chi connectivity index (χ3n) is 3.83. The van der Waals surface area contributed by atoms with Gasteiger partial charge in [0.2, 0.25) is 5.95 Å². The van der Waals surface area contributed by atoms with E-state index in [1.54, 1.807) is 12.1 Å². The largest absolute Gasteiger partial charge is 0.385 e. The van der Waals surface area contributed by atoms with Crippen LogP contribution in [-0.4, -0.2) is 20.6 Å². The third kappa shape index (κ3) is 2.08. The molecule has 4 heteroatoms. The van der Waals surface area contributed by atoms with Crippen LogP contribution in [0.5, 0.6) is 0 Å². The number of nitrogens with zero attached hydrogens (tertiary/aromatic N) is 1. The molecule has 0 radical (unpaired) electrons. The first-order valence-electron chi connectivity index (χ1n) is 6.16. The number of fused-ring (bicyclic) bond motifs is 2. The van der Waals surface area contributed by atoms with E-state index in [4.69, 9.17) is 0 Å². The number of aromatic nitrogens is 1. The lowest BCUT2D eigenvalue weighted by molar-refractivity contribution is 0.00425. The van der Waals surface area contributed by atoms with Crippen molar-refractivity contribution >= 4 is 11.8 Å². The molecule has 17 heavy (non-hydrogen) atoms. The summed E-state index contributed by atoms with van der Waals surface area (Å²) in [5, 5.41) is 11.7. The maximum Gasteiger partial charge on any atom is 0.218 e. The van der Waals surface area contributed by atoms with Crippen molar-refractivity contribution in [1.29, 1.82) is 0 Å². The average Bonchev–Trinajstić information content (AvgIpc) is 2.28. The van der Waals surface area contributed by atoms with Crippen LogP contribution in [0.15, 0.2) is 18.3 Å². The molecule has 3 rings (SSSR count). The van der Waals surface area contributed by atoms with Gasteiger partial charge >= 0.3 is 0 Å². The topological polar surface area (TPSA) is 33.1 Å². The molecule has 2 nitrogen and oxygen atoms in total. The molecule has 1 aromatic rings. The second kappa shape index (κ2) is 4.25. The van der Waals surface area contributed by atoms with E-state index < -0.39 is 11.5 Å². The normalized spacial score (nSPS) is 36.8. The van der Waals surface area contributed by atoms with Gasteiger partial charge in [-0.2, -0.15) is 16.2 Å². The molecule has 0 spiro atoms. The van der Waals surface area contributed by atoms with Crippen LogP contribution in [0, 0.1) is 5.95 Å². The van der Waals surface area contributed by atoms with E-state index in [2.05, 4.69) is 4.98 Å². The van der Waals surface area contributed by atoms with Crippen molar-refractivity contribution in [2.45, 2.75) is 48.2 Å². The smallest absolute Gasteiger partial charge is 0.218 e. The molecule has 2 aliphatic heterocycles. The van der Waals surface area contributed by atoms with Gasteiger partial charge in [0.1, 0.15) is 0 Å². The van der Waals surface area contributed by atoms with E-state index in [0.717, 1.165) is 12.8 Å². The lowest BCUT2D eigenvalue weighted by Crippen LogP contribution is -2.41. The van der Waals surface area contributed by atoms with Gasteiger partial charge in [0.15, 0.2) is 0 Å². The van der Waals surface area contributed by atoms with Gasteiger partial charge in [-0.05, 0) is 31.7 Å². The Hall–Kier alpha value is -0.610. The number of aliphatic hydroxyl groups is 1. The molecule has 2 bridgehead atoms. The second-order valence-electron chi connectivity index (χ2n) is 5.09. The Kier molecular flexibility index (Phi) is 2.87. The fraction of sp³-hybridized carbons (Fsp3) is 0.615. The van der Waals surface area contributed by atoms with E-state index in [0.29, 0.717) is 28.9 Å². The van der Waals surface area contributed by atoms with Gasteiger partial charge in [0.05, 0.1) is 5.60 Å². The second-order valence-corrected chi connectivity index (χ2v) is 6.70. The van der Waals surface area contributed by atoms with Crippen molar-refractivity contribution in [2.24, 2.45) is 0 Å². The van der Waals surface area contributed by atoms with Gasteiger partial charge in [-0.1, -0.05) is 12.5 Å². The van der Waals surface area contributed by atoms with Crippen LogP contribution >= 0.6 is 11.8 Å². The fourth-order valence-electron chi connectivity index (χ4n) is 3.07. The molecule has 2 atom stereocenters. The highest BCUT2D eigenvalue weighted by Gasteiger charge is 2.43. The number of pyridine rings is 1. The molecule has 3 heterocycles. The van der Waals surface area contributed by atoms with E-state index >= 15 is 0 Å². The van der Waals surface area contributed by atoms with Crippen LogP contribution in [0.25, 0.3) is 0 Å². The summed E-state index contributed by atoms with van der Waals surface area (Å²) in [5.74, 6) is -0.514. The van der Waals surface area contributed by atoms with Gasteiger partial charge in [-0.15, -0.1) is 0 Å². The zero-order valence-electron chi connectivity index (χ0n) is 9.60. The summed E-state index contributed by atoms with van der Waals surface area (Å²) in [6, 6.07) is 3.38. The van der Waals surface area contributed by atoms with Crippen LogP contribution < -0.4 is 0 Å². The van der Waals surface area contributed by atoms with Crippen molar-refractivity contribution in [2.75, 3.05) is 0 Å². The molecule has 92 valence electrons. The summed E-state index contributed by atoms with van der Waals surface area (Å²) in [6.45, 7) is 0. The van der Waals surface area contributed by atoms with Crippen LogP contribution in [0.4, 0.5) is 4.39 Å². The SMILES string of the molecule is OC1(c2cccnc2F)CC2CCCC(C1)S2. The van der Waals surface area contributed by atoms with Gasteiger partial charge < -0.3 is 5.11 Å². The van der Waals surface area contributed by atoms with E-state index in [9.17, 15) is 9.50 Å².